The molecule has 1 rings (SSSR count). The third kappa shape index (κ3) is 5.37. The molecule has 0 bridgehead atoms. The molecular formula is C11H15Cl3NO-. The first-order valence-corrected chi connectivity index (χ1v) is 5.64. The zero-order valence-corrected chi connectivity index (χ0v) is 11.4. The van der Waals surface area contributed by atoms with Crippen LogP contribution in [0.4, 0.5) is 0 Å². The van der Waals surface area contributed by atoms with Crippen molar-refractivity contribution in [1.29, 1.82) is 0 Å². The summed E-state index contributed by atoms with van der Waals surface area (Å²) >= 11 is 11.9. The van der Waals surface area contributed by atoms with Crippen molar-refractivity contribution in [2.75, 3.05) is 20.3 Å². The van der Waals surface area contributed by atoms with Gasteiger partial charge in [-0.1, -0.05) is 35.3 Å². The molecule has 1 aromatic carbocycles. The number of methoxy groups -OCH3 is 1. The molecule has 0 fully saturated rings. The summed E-state index contributed by atoms with van der Waals surface area (Å²) < 4.78 is 4.95. The Morgan fingerprint density at radius 1 is 1.31 bits per heavy atom. The zero-order chi connectivity index (χ0) is 11.1. The molecule has 0 saturated heterocycles. The molecule has 0 aliphatic carbocycles. The molecule has 2 nitrogen and oxygen atoms in total. The number of nitrogens with one attached hydrogen (secondary N) is 1. The normalized spacial score (nSPS) is 9.94. The summed E-state index contributed by atoms with van der Waals surface area (Å²) in [7, 11) is 1.70. The molecule has 0 unspecified atom stereocenters. The van der Waals surface area contributed by atoms with Crippen molar-refractivity contribution in [2.24, 2.45) is 0 Å². The second kappa shape index (κ2) is 9.08. The molecular weight excluding hydrogens is 268 g/mol. The molecule has 1 aromatic rings. The molecule has 0 aliphatic heterocycles. The lowest BCUT2D eigenvalue weighted by Gasteiger charge is -2.07. The Bertz CT molecular complexity index is 307. The molecule has 1 N–H and O–H groups in total. The monoisotopic (exact) mass is 282 g/mol. The van der Waals surface area contributed by atoms with E-state index >= 15 is 0 Å². The molecule has 16 heavy (non-hydrogen) atoms. The van der Waals surface area contributed by atoms with E-state index in [9.17, 15) is 0 Å². The maximum atomic E-state index is 6.04. The number of halogens is 3. The van der Waals surface area contributed by atoms with Crippen LogP contribution in [-0.2, 0) is 11.3 Å². The van der Waals surface area contributed by atoms with E-state index in [-0.39, 0.29) is 12.4 Å². The SMILES string of the molecule is COCCCNCc1cccc(Cl)c1Cl.[Cl-]. The Morgan fingerprint density at radius 3 is 2.75 bits per heavy atom. The topological polar surface area (TPSA) is 21.3 Å². The van der Waals surface area contributed by atoms with Gasteiger partial charge in [-0.15, -0.1) is 0 Å². The van der Waals surface area contributed by atoms with Gasteiger partial charge in [0.1, 0.15) is 0 Å². The minimum Gasteiger partial charge on any atom is -1.00 e. The fraction of sp³-hybridized carbons (Fsp3) is 0.455. The second-order valence-electron chi connectivity index (χ2n) is 3.24. The van der Waals surface area contributed by atoms with Gasteiger partial charge in [-0.05, 0) is 24.6 Å². The van der Waals surface area contributed by atoms with Crippen LogP contribution < -0.4 is 17.7 Å². The van der Waals surface area contributed by atoms with Gasteiger partial charge >= 0.3 is 0 Å². The number of rotatable bonds is 6. The first-order chi connectivity index (χ1) is 7.25. The van der Waals surface area contributed by atoms with Crippen molar-refractivity contribution in [1.82, 2.24) is 5.32 Å². The van der Waals surface area contributed by atoms with E-state index in [0.29, 0.717) is 10.0 Å². The largest absolute Gasteiger partial charge is 1.00 e. The highest BCUT2D eigenvalue weighted by atomic mass is 35.5. The Hall–Kier alpha value is 0.01000. The fourth-order valence-electron chi connectivity index (χ4n) is 1.25. The molecule has 0 spiro atoms. The van der Waals surface area contributed by atoms with Crippen LogP contribution in [0.2, 0.25) is 10.0 Å². The van der Waals surface area contributed by atoms with Crippen LogP contribution in [0.3, 0.4) is 0 Å². The molecule has 5 heteroatoms. The minimum absolute atomic E-state index is 0. The third-order valence-corrected chi connectivity index (χ3v) is 2.91. The number of hydrogen-bond acceptors (Lipinski definition) is 2. The summed E-state index contributed by atoms with van der Waals surface area (Å²) in [6.45, 7) is 2.43. The molecule has 0 aliphatic rings. The average molecular weight is 284 g/mol. The van der Waals surface area contributed by atoms with Crippen molar-refractivity contribution in [2.45, 2.75) is 13.0 Å². The van der Waals surface area contributed by atoms with Crippen molar-refractivity contribution in [3.8, 4) is 0 Å². The maximum absolute atomic E-state index is 6.04. The Labute approximate surface area is 113 Å². The summed E-state index contributed by atoms with van der Waals surface area (Å²) in [5.41, 5.74) is 1.03. The Balaban J connectivity index is 0.00000225. The van der Waals surface area contributed by atoms with Gasteiger partial charge in [0, 0.05) is 20.3 Å². The predicted octanol–water partition coefficient (Wildman–Crippen LogP) is 0.123. The lowest BCUT2D eigenvalue weighted by Crippen LogP contribution is -3.00. The summed E-state index contributed by atoms with van der Waals surface area (Å²) in [5.74, 6) is 0. The van der Waals surface area contributed by atoms with E-state index in [0.717, 1.165) is 31.7 Å². The van der Waals surface area contributed by atoms with E-state index in [1.54, 1.807) is 13.2 Å². The Kier molecular flexibility index (Phi) is 9.09. The van der Waals surface area contributed by atoms with E-state index in [4.69, 9.17) is 27.9 Å². The Morgan fingerprint density at radius 2 is 2.06 bits per heavy atom. The third-order valence-electron chi connectivity index (χ3n) is 2.05. The number of hydrogen-bond donors (Lipinski definition) is 1. The van der Waals surface area contributed by atoms with Crippen molar-refractivity contribution in [3.63, 3.8) is 0 Å². The van der Waals surface area contributed by atoms with Crippen LogP contribution in [-0.4, -0.2) is 20.3 Å². The summed E-state index contributed by atoms with van der Waals surface area (Å²) in [6.07, 6.45) is 0.995. The van der Waals surface area contributed by atoms with Crippen LogP contribution in [0.25, 0.3) is 0 Å². The highest BCUT2D eigenvalue weighted by molar-refractivity contribution is 6.42. The van der Waals surface area contributed by atoms with Crippen LogP contribution in [0.1, 0.15) is 12.0 Å². The lowest BCUT2D eigenvalue weighted by atomic mass is 10.2. The molecule has 0 atom stereocenters. The van der Waals surface area contributed by atoms with E-state index in [2.05, 4.69) is 5.32 Å². The second-order valence-corrected chi connectivity index (χ2v) is 4.02. The van der Waals surface area contributed by atoms with Crippen molar-refractivity contribution >= 4 is 23.2 Å². The van der Waals surface area contributed by atoms with Crippen LogP contribution >= 0.6 is 23.2 Å². The maximum Gasteiger partial charge on any atom is 0.0637 e. The van der Waals surface area contributed by atoms with Gasteiger partial charge in [0.2, 0.25) is 0 Å². The van der Waals surface area contributed by atoms with Gasteiger partial charge in [0.05, 0.1) is 10.0 Å². The van der Waals surface area contributed by atoms with Crippen molar-refractivity contribution in [3.05, 3.63) is 33.8 Å². The predicted molar refractivity (Wildman–Crippen MR) is 64.7 cm³/mol. The van der Waals surface area contributed by atoms with Crippen LogP contribution in [0.15, 0.2) is 18.2 Å². The minimum atomic E-state index is 0. The quantitative estimate of drug-likeness (QED) is 0.749. The van der Waals surface area contributed by atoms with Gasteiger partial charge in [-0.3, -0.25) is 0 Å². The number of ether oxygens (including phenoxy) is 1. The average Bonchev–Trinajstić information content (AvgIpc) is 2.24. The van der Waals surface area contributed by atoms with Gasteiger partial charge in [-0.2, -0.15) is 0 Å². The van der Waals surface area contributed by atoms with Gasteiger partial charge in [-0.25, -0.2) is 0 Å². The van der Waals surface area contributed by atoms with Crippen LogP contribution in [0.5, 0.6) is 0 Å². The molecule has 0 amide bonds. The van der Waals surface area contributed by atoms with Gasteiger partial charge < -0.3 is 22.5 Å². The van der Waals surface area contributed by atoms with Crippen molar-refractivity contribution < 1.29 is 17.1 Å². The molecule has 0 heterocycles. The zero-order valence-electron chi connectivity index (χ0n) is 9.10. The van der Waals surface area contributed by atoms with E-state index in [1.165, 1.54) is 0 Å². The molecule has 0 radical (unpaired) electrons. The summed E-state index contributed by atoms with van der Waals surface area (Å²) in [5, 5.41) is 4.52. The fourth-order valence-corrected chi connectivity index (χ4v) is 1.64. The van der Waals surface area contributed by atoms with E-state index in [1.807, 2.05) is 12.1 Å². The molecule has 0 aromatic heterocycles. The number of benzene rings is 1. The highest BCUT2D eigenvalue weighted by Crippen LogP contribution is 2.25. The lowest BCUT2D eigenvalue weighted by molar-refractivity contribution is -0.00000335. The van der Waals surface area contributed by atoms with Gasteiger partial charge in [0.15, 0.2) is 0 Å². The summed E-state index contributed by atoms with van der Waals surface area (Å²) in [6, 6.07) is 5.66. The summed E-state index contributed by atoms with van der Waals surface area (Å²) in [4.78, 5) is 0. The first kappa shape index (κ1) is 16.0. The highest BCUT2D eigenvalue weighted by Gasteiger charge is 2.02. The molecule has 0 saturated carbocycles. The van der Waals surface area contributed by atoms with Gasteiger partial charge in [0.25, 0.3) is 0 Å². The standard InChI is InChI=1S/C11H15Cl2NO.ClH/c1-15-7-3-6-14-8-9-4-2-5-10(12)11(9)13;/h2,4-5,14H,3,6-8H2,1H3;1H/p-1. The smallest absolute Gasteiger partial charge is 0.0637 e. The first-order valence-electron chi connectivity index (χ1n) is 4.88. The van der Waals surface area contributed by atoms with E-state index < -0.39 is 0 Å². The molecule has 92 valence electrons. The van der Waals surface area contributed by atoms with Crippen LogP contribution in [0, 0.1) is 0 Å².